The number of nitrogens with zero attached hydrogens (tertiary/aromatic N) is 4. The minimum Gasteiger partial charge on any atom is -0.324 e. The molecule has 0 aliphatic rings. The largest absolute Gasteiger partial charge is 0.324 e. The average molecular weight is 303 g/mol. The van der Waals surface area contributed by atoms with Crippen molar-refractivity contribution >= 4 is 16.6 Å². The quantitative estimate of drug-likeness (QED) is 0.617. The van der Waals surface area contributed by atoms with Gasteiger partial charge in [-0.15, -0.1) is 10.2 Å². The summed E-state index contributed by atoms with van der Waals surface area (Å²) in [6.45, 7) is 4.04. The van der Waals surface area contributed by atoms with Gasteiger partial charge >= 0.3 is 0 Å². The van der Waals surface area contributed by atoms with Gasteiger partial charge in [-0.05, 0) is 31.0 Å². The molecule has 23 heavy (non-hydrogen) atoms. The van der Waals surface area contributed by atoms with Crippen molar-refractivity contribution in [3.8, 4) is 11.4 Å². The summed E-state index contributed by atoms with van der Waals surface area (Å²) in [5, 5.41) is 9.37. The third kappa shape index (κ3) is 2.17. The zero-order valence-corrected chi connectivity index (χ0v) is 13.1. The summed E-state index contributed by atoms with van der Waals surface area (Å²) in [4.78, 5) is 4.91. The molecule has 5 heteroatoms. The van der Waals surface area contributed by atoms with Crippen LogP contribution < -0.4 is 5.73 Å². The SMILES string of the molecule is Cc1cc([C@@H](C)N)c2nc(-c3ccccc3)n3cnnc3c2c1. The Morgan fingerprint density at radius 2 is 1.91 bits per heavy atom. The zero-order valence-electron chi connectivity index (χ0n) is 13.1. The second-order valence-corrected chi connectivity index (χ2v) is 5.86. The maximum Gasteiger partial charge on any atom is 0.171 e. The number of nitrogens with two attached hydrogens (primary N) is 1. The Labute approximate surface area is 133 Å². The summed E-state index contributed by atoms with van der Waals surface area (Å²) < 4.78 is 1.93. The molecule has 1 atom stereocenters. The fourth-order valence-corrected chi connectivity index (χ4v) is 2.97. The number of rotatable bonds is 2. The molecule has 0 saturated heterocycles. The maximum atomic E-state index is 6.17. The number of fused-ring (bicyclic) bond motifs is 3. The van der Waals surface area contributed by atoms with E-state index >= 15 is 0 Å². The first-order valence-corrected chi connectivity index (χ1v) is 7.60. The highest BCUT2D eigenvalue weighted by Gasteiger charge is 2.16. The third-order valence-corrected chi connectivity index (χ3v) is 4.04. The topological polar surface area (TPSA) is 69.1 Å². The van der Waals surface area contributed by atoms with E-state index in [-0.39, 0.29) is 6.04 Å². The van der Waals surface area contributed by atoms with Crippen LogP contribution in [0.5, 0.6) is 0 Å². The van der Waals surface area contributed by atoms with Gasteiger partial charge in [0.2, 0.25) is 0 Å². The Balaban J connectivity index is 2.17. The van der Waals surface area contributed by atoms with Gasteiger partial charge < -0.3 is 5.73 Å². The molecular weight excluding hydrogens is 286 g/mol. The zero-order chi connectivity index (χ0) is 16.0. The van der Waals surface area contributed by atoms with Crippen molar-refractivity contribution in [2.45, 2.75) is 19.9 Å². The molecule has 0 saturated carbocycles. The number of hydrogen-bond donors (Lipinski definition) is 1. The number of benzene rings is 2. The molecule has 2 heterocycles. The first-order chi connectivity index (χ1) is 11.1. The Kier molecular flexibility index (Phi) is 3.09. The molecular formula is C18H17N5. The smallest absolute Gasteiger partial charge is 0.171 e. The van der Waals surface area contributed by atoms with Gasteiger partial charge in [0.15, 0.2) is 5.65 Å². The average Bonchev–Trinajstić information content (AvgIpc) is 3.04. The van der Waals surface area contributed by atoms with Crippen LogP contribution in [0.15, 0.2) is 48.8 Å². The Morgan fingerprint density at radius 1 is 1.13 bits per heavy atom. The van der Waals surface area contributed by atoms with Crippen LogP contribution in [0.2, 0.25) is 0 Å². The van der Waals surface area contributed by atoms with Crippen LogP contribution >= 0.6 is 0 Å². The molecule has 0 spiro atoms. The summed E-state index contributed by atoms with van der Waals surface area (Å²) in [7, 11) is 0. The van der Waals surface area contributed by atoms with E-state index in [4.69, 9.17) is 10.7 Å². The van der Waals surface area contributed by atoms with E-state index < -0.39 is 0 Å². The molecule has 0 unspecified atom stereocenters. The van der Waals surface area contributed by atoms with E-state index in [1.165, 1.54) is 0 Å². The van der Waals surface area contributed by atoms with E-state index in [2.05, 4.69) is 29.3 Å². The van der Waals surface area contributed by atoms with E-state index in [0.717, 1.165) is 39.1 Å². The fourth-order valence-electron chi connectivity index (χ4n) is 2.97. The molecule has 2 N–H and O–H groups in total. The molecule has 4 rings (SSSR count). The van der Waals surface area contributed by atoms with Gasteiger partial charge in [-0.1, -0.05) is 36.4 Å². The summed E-state index contributed by atoms with van der Waals surface area (Å²) in [6, 6.07) is 14.1. The van der Waals surface area contributed by atoms with Crippen LogP contribution in [0, 0.1) is 6.92 Å². The Bertz CT molecular complexity index is 1000. The number of aromatic nitrogens is 4. The molecule has 2 aromatic carbocycles. The van der Waals surface area contributed by atoms with Gasteiger partial charge in [0.1, 0.15) is 12.2 Å². The molecule has 0 amide bonds. The van der Waals surface area contributed by atoms with Crippen molar-refractivity contribution in [1.82, 2.24) is 19.6 Å². The molecule has 0 aliphatic carbocycles. The van der Waals surface area contributed by atoms with Gasteiger partial charge in [0.05, 0.1) is 5.52 Å². The van der Waals surface area contributed by atoms with Crippen LogP contribution in [-0.4, -0.2) is 19.6 Å². The molecule has 0 fully saturated rings. The van der Waals surface area contributed by atoms with Gasteiger partial charge in [-0.2, -0.15) is 0 Å². The molecule has 5 nitrogen and oxygen atoms in total. The van der Waals surface area contributed by atoms with Crippen molar-refractivity contribution in [1.29, 1.82) is 0 Å². The fraction of sp³-hybridized carbons (Fsp3) is 0.167. The van der Waals surface area contributed by atoms with E-state index in [1.807, 2.05) is 41.7 Å². The monoisotopic (exact) mass is 303 g/mol. The molecule has 0 radical (unpaired) electrons. The van der Waals surface area contributed by atoms with Crippen LogP contribution in [0.3, 0.4) is 0 Å². The second-order valence-electron chi connectivity index (χ2n) is 5.86. The lowest BCUT2D eigenvalue weighted by molar-refractivity contribution is 0.822. The van der Waals surface area contributed by atoms with Crippen molar-refractivity contribution in [3.05, 3.63) is 59.9 Å². The standard InChI is InChI=1S/C18H17N5/c1-11-8-14(12(2)19)16-15(9-11)18-22-20-10-23(18)17(21-16)13-6-4-3-5-7-13/h3-10,12H,19H2,1-2H3/t12-/m1/s1. The molecule has 2 aromatic heterocycles. The summed E-state index contributed by atoms with van der Waals surface area (Å²) in [5.41, 5.74) is 11.1. The van der Waals surface area contributed by atoms with E-state index in [0.29, 0.717) is 0 Å². The van der Waals surface area contributed by atoms with Crippen molar-refractivity contribution in [2.75, 3.05) is 0 Å². The Hall–Kier alpha value is -2.79. The normalized spacial score (nSPS) is 12.8. The first kappa shape index (κ1) is 13.8. The predicted octanol–water partition coefficient (Wildman–Crippen LogP) is 3.27. The van der Waals surface area contributed by atoms with Gasteiger partial charge in [-0.3, -0.25) is 4.40 Å². The highest BCUT2D eigenvalue weighted by atomic mass is 15.2. The summed E-state index contributed by atoms with van der Waals surface area (Å²) in [6.07, 6.45) is 1.71. The van der Waals surface area contributed by atoms with Gasteiger partial charge in [0.25, 0.3) is 0 Å². The minimum absolute atomic E-state index is 0.0982. The maximum absolute atomic E-state index is 6.17. The second kappa shape index (κ2) is 5.14. The van der Waals surface area contributed by atoms with Crippen LogP contribution in [0.4, 0.5) is 0 Å². The highest BCUT2D eigenvalue weighted by Crippen LogP contribution is 2.29. The molecule has 114 valence electrons. The van der Waals surface area contributed by atoms with Crippen molar-refractivity contribution in [3.63, 3.8) is 0 Å². The third-order valence-electron chi connectivity index (χ3n) is 4.04. The highest BCUT2D eigenvalue weighted by molar-refractivity contribution is 5.95. The number of hydrogen-bond acceptors (Lipinski definition) is 4. The lowest BCUT2D eigenvalue weighted by Crippen LogP contribution is -2.08. The first-order valence-electron chi connectivity index (χ1n) is 7.60. The number of aryl methyl sites for hydroxylation is 1. The summed E-state index contributed by atoms with van der Waals surface area (Å²) >= 11 is 0. The van der Waals surface area contributed by atoms with E-state index in [1.54, 1.807) is 6.33 Å². The molecule has 4 aromatic rings. The van der Waals surface area contributed by atoms with Gasteiger partial charge in [0, 0.05) is 17.0 Å². The minimum atomic E-state index is -0.0982. The molecule has 0 bridgehead atoms. The summed E-state index contributed by atoms with van der Waals surface area (Å²) in [5.74, 6) is 0.823. The van der Waals surface area contributed by atoms with Crippen molar-refractivity contribution in [2.24, 2.45) is 5.73 Å². The van der Waals surface area contributed by atoms with Crippen LogP contribution in [0.25, 0.3) is 27.9 Å². The predicted molar refractivity (Wildman–Crippen MR) is 91.1 cm³/mol. The van der Waals surface area contributed by atoms with Crippen molar-refractivity contribution < 1.29 is 0 Å². The van der Waals surface area contributed by atoms with Crippen LogP contribution in [-0.2, 0) is 0 Å². The van der Waals surface area contributed by atoms with Crippen LogP contribution in [0.1, 0.15) is 24.1 Å². The Morgan fingerprint density at radius 3 is 2.65 bits per heavy atom. The lowest BCUT2D eigenvalue weighted by Gasteiger charge is -2.14. The molecule has 0 aliphatic heterocycles. The van der Waals surface area contributed by atoms with E-state index in [9.17, 15) is 0 Å². The lowest BCUT2D eigenvalue weighted by atomic mass is 10.0. The van der Waals surface area contributed by atoms with Gasteiger partial charge in [-0.25, -0.2) is 4.98 Å².